The fourth-order valence-corrected chi connectivity index (χ4v) is 1.74. The van der Waals surface area contributed by atoms with Crippen molar-refractivity contribution in [3.8, 4) is 0 Å². The third-order valence-corrected chi connectivity index (χ3v) is 2.52. The van der Waals surface area contributed by atoms with Gasteiger partial charge in [0.15, 0.2) is 0 Å². The molecule has 0 aliphatic heterocycles. The topological polar surface area (TPSA) is 68.2 Å². The van der Waals surface area contributed by atoms with Crippen LogP contribution in [0.4, 0.5) is 19.0 Å². The van der Waals surface area contributed by atoms with Crippen molar-refractivity contribution in [1.82, 2.24) is 4.98 Å². The van der Waals surface area contributed by atoms with Crippen LogP contribution in [0, 0.1) is 0 Å². The smallest absolute Gasteiger partial charge is 0.353 e. The Morgan fingerprint density at radius 3 is 2.17 bits per heavy atom. The van der Waals surface area contributed by atoms with Crippen molar-refractivity contribution in [2.75, 3.05) is 31.1 Å². The third kappa shape index (κ3) is 3.72. The van der Waals surface area contributed by atoms with Crippen molar-refractivity contribution >= 4 is 17.4 Å². The second-order valence-corrected chi connectivity index (χ2v) is 4.00. The van der Waals surface area contributed by atoms with Gasteiger partial charge in [-0.3, -0.25) is 0 Å². The summed E-state index contributed by atoms with van der Waals surface area (Å²) in [5, 5.41) is -0.0632. The summed E-state index contributed by atoms with van der Waals surface area (Å²) in [7, 11) is 0. The first-order chi connectivity index (χ1) is 8.40. The number of aromatic nitrogens is 1. The highest BCUT2D eigenvalue weighted by atomic mass is 35.5. The molecule has 18 heavy (non-hydrogen) atoms. The lowest BCUT2D eigenvalue weighted by atomic mass is 10.2. The number of nitrogens with two attached hydrogens (primary N) is 2. The monoisotopic (exact) mass is 282 g/mol. The van der Waals surface area contributed by atoms with Crippen LogP contribution in [0.2, 0.25) is 5.02 Å². The van der Waals surface area contributed by atoms with Crippen molar-refractivity contribution in [3.63, 3.8) is 0 Å². The molecule has 4 nitrogen and oxygen atoms in total. The molecule has 0 atom stereocenters. The minimum absolute atomic E-state index is 0.0632. The van der Waals surface area contributed by atoms with Crippen LogP contribution in [0.1, 0.15) is 5.56 Å². The minimum Gasteiger partial charge on any atom is -0.353 e. The summed E-state index contributed by atoms with van der Waals surface area (Å²) < 4.78 is 37.3. The number of nitrogens with zero attached hydrogens (tertiary/aromatic N) is 2. The van der Waals surface area contributed by atoms with Crippen molar-refractivity contribution in [3.05, 3.63) is 22.8 Å². The van der Waals surface area contributed by atoms with Gasteiger partial charge in [-0.05, 0) is 6.07 Å². The Bertz CT molecular complexity index is 391. The van der Waals surface area contributed by atoms with Gasteiger partial charge in [0.25, 0.3) is 0 Å². The van der Waals surface area contributed by atoms with Crippen LogP contribution in [0.3, 0.4) is 0 Å². The first-order valence-corrected chi connectivity index (χ1v) is 5.65. The van der Waals surface area contributed by atoms with Crippen molar-refractivity contribution in [1.29, 1.82) is 0 Å². The zero-order chi connectivity index (χ0) is 13.8. The quantitative estimate of drug-likeness (QED) is 0.858. The van der Waals surface area contributed by atoms with E-state index in [9.17, 15) is 13.2 Å². The zero-order valence-corrected chi connectivity index (χ0v) is 10.3. The molecule has 0 aliphatic rings. The molecule has 1 rings (SSSR count). The van der Waals surface area contributed by atoms with Crippen LogP contribution in [0.15, 0.2) is 12.3 Å². The molecule has 0 unspecified atom stereocenters. The van der Waals surface area contributed by atoms with Gasteiger partial charge in [0.05, 0.1) is 10.6 Å². The summed E-state index contributed by atoms with van der Waals surface area (Å²) in [6, 6.07) is 0.851. The number of pyridine rings is 1. The van der Waals surface area contributed by atoms with Crippen LogP contribution in [-0.4, -0.2) is 31.2 Å². The van der Waals surface area contributed by atoms with Gasteiger partial charge in [0.1, 0.15) is 5.82 Å². The second kappa shape index (κ2) is 6.21. The van der Waals surface area contributed by atoms with E-state index < -0.39 is 11.7 Å². The Hall–Kier alpha value is -1.05. The molecule has 102 valence electrons. The van der Waals surface area contributed by atoms with E-state index in [-0.39, 0.29) is 10.8 Å². The van der Waals surface area contributed by atoms with Crippen LogP contribution in [0.25, 0.3) is 0 Å². The van der Waals surface area contributed by atoms with E-state index in [1.165, 1.54) is 0 Å². The van der Waals surface area contributed by atoms with Crippen LogP contribution < -0.4 is 16.4 Å². The molecular formula is C10H14ClF3N4. The van der Waals surface area contributed by atoms with E-state index in [2.05, 4.69) is 4.98 Å². The maximum atomic E-state index is 12.4. The van der Waals surface area contributed by atoms with Gasteiger partial charge in [-0.2, -0.15) is 13.2 Å². The molecule has 0 saturated carbocycles. The largest absolute Gasteiger partial charge is 0.417 e. The lowest BCUT2D eigenvalue weighted by molar-refractivity contribution is -0.137. The molecule has 1 aromatic rings. The van der Waals surface area contributed by atoms with E-state index in [0.717, 1.165) is 12.3 Å². The Morgan fingerprint density at radius 2 is 1.78 bits per heavy atom. The Labute approximate surface area is 108 Å². The van der Waals surface area contributed by atoms with Gasteiger partial charge in [-0.25, -0.2) is 4.98 Å². The second-order valence-electron chi connectivity index (χ2n) is 3.59. The molecular weight excluding hydrogens is 269 g/mol. The summed E-state index contributed by atoms with van der Waals surface area (Å²) in [5.41, 5.74) is 9.95. The first-order valence-electron chi connectivity index (χ1n) is 5.28. The number of anilines is 1. The van der Waals surface area contributed by atoms with E-state index in [1.807, 2.05) is 0 Å². The molecule has 0 amide bonds. The number of rotatable bonds is 5. The lowest BCUT2D eigenvalue weighted by Crippen LogP contribution is -2.34. The molecule has 0 aliphatic carbocycles. The van der Waals surface area contributed by atoms with Gasteiger partial charge in [0, 0.05) is 32.4 Å². The lowest BCUT2D eigenvalue weighted by Gasteiger charge is -2.23. The Morgan fingerprint density at radius 1 is 1.22 bits per heavy atom. The fraction of sp³-hybridized carbons (Fsp3) is 0.500. The number of hydrogen-bond donors (Lipinski definition) is 2. The average Bonchev–Trinajstić information content (AvgIpc) is 2.27. The van der Waals surface area contributed by atoms with Crippen molar-refractivity contribution < 1.29 is 13.2 Å². The molecule has 0 spiro atoms. The predicted octanol–water partition coefficient (Wildman–Crippen LogP) is 1.48. The summed E-state index contributed by atoms with van der Waals surface area (Å²) >= 11 is 5.82. The summed E-state index contributed by atoms with van der Waals surface area (Å²) in [5.74, 6) is 0.264. The van der Waals surface area contributed by atoms with Gasteiger partial charge in [0.2, 0.25) is 0 Å². The van der Waals surface area contributed by atoms with Crippen LogP contribution >= 0.6 is 11.6 Å². The molecule has 0 fully saturated rings. The average molecular weight is 283 g/mol. The van der Waals surface area contributed by atoms with E-state index in [4.69, 9.17) is 23.1 Å². The number of hydrogen-bond acceptors (Lipinski definition) is 4. The number of halogens is 4. The maximum absolute atomic E-state index is 12.4. The summed E-state index contributed by atoms with van der Waals surface area (Å²) in [4.78, 5) is 5.40. The highest BCUT2D eigenvalue weighted by Gasteiger charge is 2.31. The molecule has 0 radical (unpaired) electrons. The van der Waals surface area contributed by atoms with Crippen molar-refractivity contribution in [2.45, 2.75) is 6.18 Å². The van der Waals surface area contributed by atoms with Crippen LogP contribution in [0.5, 0.6) is 0 Å². The van der Waals surface area contributed by atoms with Crippen molar-refractivity contribution in [2.24, 2.45) is 11.5 Å². The van der Waals surface area contributed by atoms with E-state index in [1.54, 1.807) is 4.90 Å². The third-order valence-electron chi connectivity index (χ3n) is 2.25. The highest BCUT2D eigenvalue weighted by molar-refractivity contribution is 6.33. The molecule has 4 N–H and O–H groups in total. The predicted molar refractivity (Wildman–Crippen MR) is 64.6 cm³/mol. The normalized spacial score (nSPS) is 11.7. The van der Waals surface area contributed by atoms with Gasteiger partial charge >= 0.3 is 6.18 Å². The molecule has 1 heterocycles. The summed E-state index contributed by atoms with van der Waals surface area (Å²) in [6.07, 6.45) is -3.71. The highest BCUT2D eigenvalue weighted by Crippen LogP contribution is 2.33. The van der Waals surface area contributed by atoms with E-state index >= 15 is 0 Å². The van der Waals surface area contributed by atoms with Gasteiger partial charge < -0.3 is 16.4 Å². The molecule has 0 bridgehead atoms. The molecule has 0 saturated heterocycles. The van der Waals surface area contributed by atoms with E-state index in [0.29, 0.717) is 26.2 Å². The fourth-order valence-electron chi connectivity index (χ4n) is 1.45. The molecule has 1 aromatic heterocycles. The Kier molecular flexibility index (Phi) is 5.18. The van der Waals surface area contributed by atoms with Gasteiger partial charge in [-0.1, -0.05) is 11.6 Å². The minimum atomic E-state index is -4.46. The standard InChI is InChI=1S/C10H14ClF3N4/c11-8-5-7(10(12,13)14)6-17-9(8)18(3-1-15)4-2-16/h5-6H,1-4,15-16H2. The maximum Gasteiger partial charge on any atom is 0.417 e. The number of alkyl halides is 3. The van der Waals surface area contributed by atoms with Crippen LogP contribution in [-0.2, 0) is 6.18 Å². The SMILES string of the molecule is NCCN(CCN)c1ncc(C(F)(F)F)cc1Cl. The van der Waals surface area contributed by atoms with Gasteiger partial charge in [-0.15, -0.1) is 0 Å². The zero-order valence-electron chi connectivity index (χ0n) is 9.54. The molecule has 8 heteroatoms. The summed E-state index contributed by atoms with van der Waals surface area (Å²) in [6.45, 7) is 1.52. The Balaban J connectivity index is 3.03. The molecule has 0 aromatic carbocycles. The first kappa shape index (κ1) is 15.0.